The third-order valence-corrected chi connectivity index (χ3v) is 2.93. The summed E-state index contributed by atoms with van der Waals surface area (Å²) in [5.74, 6) is 0.121. The van der Waals surface area contributed by atoms with Crippen LogP contribution >= 0.6 is 0 Å². The summed E-state index contributed by atoms with van der Waals surface area (Å²) in [6.07, 6.45) is 0.464. The van der Waals surface area contributed by atoms with Crippen molar-refractivity contribution in [2.24, 2.45) is 5.16 Å². The smallest absolute Gasteiger partial charge is 0.399 e. The Balaban J connectivity index is 2.05. The standard InChI is InChI=1S/C11H15N3O4/c1-3-13(4-2)11-7-8(12-18-11)9-5-6-10(17-9)14(15)16/h5-6,11H,3-4,7H2,1-2H3. The largest absolute Gasteiger partial charge is 0.433 e. The second-order valence-corrected chi connectivity index (χ2v) is 3.92. The summed E-state index contributed by atoms with van der Waals surface area (Å²) < 4.78 is 5.10. The second kappa shape index (κ2) is 5.18. The van der Waals surface area contributed by atoms with Gasteiger partial charge in [-0.3, -0.25) is 15.0 Å². The Kier molecular flexibility index (Phi) is 3.61. The zero-order valence-electron chi connectivity index (χ0n) is 10.3. The van der Waals surface area contributed by atoms with Gasteiger partial charge in [0.2, 0.25) is 0 Å². The van der Waals surface area contributed by atoms with E-state index >= 15 is 0 Å². The van der Waals surface area contributed by atoms with Gasteiger partial charge in [-0.25, -0.2) is 0 Å². The molecule has 0 spiro atoms. The van der Waals surface area contributed by atoms with E-state index in [1.807, 2.05) is 13.8 Å². The van der Waals surface area contributed by atoms with E-state index in [-0.39, 0.29) is 12.1 Å². The second-order valence-electron chi connectivity index (χ2n) is 3.92. The first-order chi connectivity index (χ1) is 8.65. The minimum absolute atomic E-state index is 0.112. The van der Waals surface area contributed by atoms with Crippen LogP contribution in [-0.4, -0.2) is 34.9 Å². The molecular weight excluding hydrogens is 238 g/mol. The van der Waals surface area contributed by atoms with Crippen molar-refractivity contribution >= 4 is 11.6 Å². The molecule has 1 aliphatic heterocycles. The Labute approximate surface area is 104 Å². The quantitative estimate of drug-likeness (QED) is 0.592. The first-order valence-electron chi connectivity index (χ1n) is 5.87. The monoisotopic (exact) mass is 253 g/mol. The van der Waals surface area contributed by atoms with Crippen LogP contribution in [0.5, 0.6) is 0 Å². The molecule has 0 amide bonds. The number of rotatable bonds is 5. The number of hydrogen-bond donors (Lipinski definition) is 0. The predicted octanol–water partition coefficient (Wildman–Crippen LogP) is 1.98. The molecule has 2 heterocycles. The average Bonchev–Trinajstić information content (AvgIpc) is 2.98. The molecule has 0 aromatic carbocycles. The van der Waals surface area contributed by atoms with Crippen molar-refractivity contribution in [3.8, 4) is 0 Å². The highest BCUT2D eigenvalue weighted by molar-refractivity contribution is 5.99. The summed E-state index contributed by atoms with van der Waals surface area (Å²) in [5, 5.41) is 14.5. The average molecular weight is 253 g/mol. The van der Waals surface area contributed by atoms with Gasteiger partial charge in [-0.1, -0.05) is 19.0 Å². The molecule has 1 aliphatic rings. The summed E-state index contributed by atoms with van der Waals surface area (Å²) in [6.45, 7) is 5.82. The lowest BCUT2D eigenvalue weighted by molar-refractivity contribution is -0.402. The van der Waals surface area contributed by atoms with E-state index in [1.165, 1.54) is 6.07 Å². The molecule has 0 saturated carbocycles. The van der Waals surface area contributed by atoms with Gasteiger partial charge < -0.3 is 9.25 Å². The van der Waals surface area contributed by atoms with E-state index in [0.717, 1.165) is 13.1 Å². The van der Waals surface area contributed by atoms with Gasteiger partial charge in [0.15, 0.2) is 12.0 Å². The van der Waals surface area contributed by atoms with Crippen molar-refractivity contribution in [2.75, 3.05) is 13.1 Å². The number of nitro groups is 1. The molecule has 0 bridgehead atoms. The fourth-order valence-electron chi connectivity index (χ4n) is 1.92. The van der Waals surface area contributed by atoms with Gasteiger partial charge in [-0.15, -0.1) is 0 Å². The van der Waals surface area contributed by atoms with Gasteiger partial charge in [-0.05, 0) is 19.2 Å². The number of oxime groups is 1. The van der Waals surface area contributed by atoms with Crippen molar-refractivity contribution in [1.29, 1.82) is 0 Å². The summed E-state index contributed by atoms with van der Waals surface area (Å²) in [4.78, 5) is 17.4. The van der Waals surface area contributed by atoms with Gasteiger partial charge in [0, 0.05) is 0 Å². The molecule has 0 N–H and O–H groups in total. The van der Waals surface area contributed by atoms with E-state index in [4.69, 9.17) is 9.25 Å². The molecule has 1 atom stereocenters. The van der Waals surface area contributed by atoms with Crippen LogP contribution in [0.3, 0.4) is 0 Å². The summed E-state index contributed by atoms with van der Waals surface area (Å²) in [5.41, 5.74) is 0.611. The highest BCUT2D eigenvalue weighted by Crippen LogP contribution is 2.23. The first kappa shape index (κ1) is 12.6. The minimum Gasteiger partial charge on any atom is -0.399 e. The molecule has 1 unspecified atom stereocenters. The maximum Gasteiger partial charge on any atom is 0.433 e. The van der Waals surface area contributed by atoms with Crippen molar-refractivity contribution in [2.45, 2.75) is 26.5 Å². The van der Waals surface area contributed by atoms with Crippen LogP contribution < -0.4 is 0 Å². The zero-order chi connectivity index (χ0) is 13.1. The van der Waals surface area contributed by atoms with Crippen molar-refractivity contribution in [1.82, 2.24) is 4.90 Å². The van der Waals surface area contributed by atoms with E-state index in [1.54, 1.807) is 6.07 Å². The molecule has 0 saturated heterocycles. The van der Waals surface area contributed by atoms with Gasteiger partial charge in [0.05, 0.1) is 12.5 Å². The summed E-state index contributed by atoms with van der Waals surface area (Å²) in [6, 6.07) is 2.87. The van der Waals surface area contributed by atoms with Crippen LogP contribution in [-0.2, 0) is 4.84 Å². The van der Waals surface area contributed by atoms with E-state index < -0.39 is 4.92 Å². The molecule has 0 fully saturated rings. The third-order valence-electron chi connectivity index (χ3n) is 2.93. The third kappa shape index (κ3) is 2.35. The van der Waals surface area contributed by atoms with Crippen molar-refractivity contribution in [3.63, 3.8) is 0 Å². The first-order valence-corrected chi connectivity index (χ1v) is 5.87. The van der Waals surface area contributed by atoms with Crippen LogP contribution in [0.25, 0.3) is 0 Å². The highest BCUT2D eigenvalue weighted by Gasteiger charge is 2.28. The Morgan fingerprint density at radius 3 is 2.78 bits per heavy atom. The molecule has 1 aromatic heterocycles. The van der Waals surface area contributed by atoms with Crippen molar-refractivity contribution in [3.05, 3.63) is 28.0 Å². The lowest BCUT2D eigenvalue weighted by atomic mass is 10.2. The molecule has 7 nitrogen and oxygen atoms in total. The van der Waals surface area contributed by atoms with Gasteiger partial charge in [-0.2, -0.15) is 0 Å². The molecule has 0 aliphatic carbocycles. The van der Waals surface area contributed by atoms with Gasteiger partial charge >= 0.3 is 5.88 Å². The summed E-state index contributed by atoms with van der Waals surface area (Å²) >= 11 is 0. The minimum atomic E-state index is -0.568. The number of nitrogens with zero attached hydrogens (tertiary/aromatic N) is 3. The maximum absolute atomic E-state index is 10.5. The van der Waals surface area contributed by atoms with Gasteiger partial charge in [0.25, 0.3) is 0 Å². The van der Waals surface area contributed by atoms with E-state index in [9.17, 15) is 10.1 Å². The predicted molar refractivity (Wildman–Crippen MR) is 64.3 cm³/mol. The fraction of sp³-hybridized carbons (Fsp3) is 0.545. The van der Waals surface area contributed by atoms with Crippen LogP contribution in [0.1, 0.15) is 26.0 Å². The molecule has 0 radical (unpaired) electrons. The van der Waals surface area contributed by atoms with Crippen LogP contribution in [0.15, 0.2) is 21.7 Å². The van der Waals surface area contributed by atoms with Crippen molar-refractivity contribution < 1.29 is 14.2 Å². The summed E-state index contributed by atoms with van der Waals surface area (Å²) in [7, 11) is 0. The normalized spacial score (nSPS) is 18.8. The topological polar surface area (TPSA) is 81.1 Å². The molecule has 7 heteroatoms. The van der Waals surface area contributed by atoms with Crippen LogP contribution in [0, 0.1) is 10.1 Å². The Morgan fingerprint density at radius 2 is 2.22 bits per heavy atom. The number of furan rings is 1. The van der Waals surface area contributed by atoms with E-state index in [0.29, 0.717) is 17.9 Å². The lowest BCUT2D eigenvalue weighted by Gasteiger charge is -2.22. The van der Waals surface area contributed by atoms with Crippen LogP contribution in [0.2, 0.25) is 0 Å². The number of hydrogen-bond acceptors (Lipinski definition) is 6. The van der Waals surface area contributed by atoms with E-state index in [2.05, 4.69) is 10.1 Å². The fourth-order valence-corrected chi connectivity index (χ4v) is 1.92. The van der Waals surface area contributed by atoms with Gasteiger partial charge in [0.1, 0.15) is 10.6 Å². The molecular formula is C11H15N3O4. The molecule has 18 heavy (non-hydrogen) atoms. The Hall–Kier alpha value is -1.89. The zero-order valence-corrected chi connectivity index (χ0v) is 10.3. The molecule has 98 valence electrons. The molecule has 1 aromatic rings. The molecule has 2 rings (SSSR count). The Bertz CT molecular complexity index is 465. The lowest BCUT2D eigenvalue weighted by Crippen LogP contribution is -2.35. The highest BCUT2D eigenvalue weighted by atomic mass is 16.7. The SMILES string of the molecule is CCN(CC)C1CC(c2ccc([N+](=O)[O-])o2)=NO1. The Morgan fingerprint density at radius 1 is 1.50 bits per heavy atom. The van der Waals surface area contributed by atoms with Crippen LogP contribution in [0.4, 0.5) is 5.88 Å². The maximum atomic E-state index is 10.5.